The van der Waals surface area contributed by atoms with Crippen LogP contribution in [0.5, 0.6) is 0 Å². The number of ketones is 1. The lowest BCUT2D eigenvalue weighted by Crippen LogP contribution is -2.67. The van der Waals surface area contributed by atoms with Gasteiger partial charge in [0.1, 0.15) is 11.8 Å². The Hall–Kier alpha value is -2.87. The number of benzene rings is 1. The van der Waals surface area contributed by atoms with Gasteiger partial charge in [-0.25, -0.2) is 0 Å². The summed E-state index contributed by atoms with van der Waals surface area (Å²) in [6.45, 7) is 18.9. The van der Waals surface area contributed by atoms with Crippen molar-refractivity contribution in [2.45, 2.75) is 118 Å². The molecule has 0 aliphatic heterocycles. The quantitative estimate of drug-likeness (QED) is 0.238. The van der Waals surface area contributed by atoms with E-state index in [1.807, 2.05) is 30.3 Å². The molecule has 5 nitrogen and oxygen atoms in total. The summed E-state index contributed by atoms with van der Waals surface area (Å²) in [5.74, 6) is 4.69. The van der Waals surface area contributed by atoms with Gasteiger partial charge in [0.15, 0.2) is 0 Å². The van der Waals surface area contributed by atoms with Crippen LogP contribution in [0.15, 0.2) is 42.5 Å². The molecule has 6 rings (SSSR count). The van der Waals surface area contributed by atoms with E-state index in [0.29, 0.717) is 42.3 Å². The highest BCUT2D eigenvalue weighted by Gasteiger charge is 2.72. The van der Waals surface area contributed by atoms with Crippen LogP contribution in [0.1, 0.15) is 111 Å². The molecule has 0 heterocycles. The van der Waals surface area contributed by atoms with Crippen molar-refractivity contribution >= 4 is 17.6 Å². The molecule has 2 N–H and O–H groups in total. The lowest BCUT2D eigenvalue weighted by atomic mass is 9.32. The van der Waals surface area contributed by atoms with E-state index in [9.17, 15) is 14.4 Å². The highest BCUT2D eigenvalue weighted by Crippen LogP contribution is 2.77. The molecule has 0 unspecified atom stereocenters. The summed E-state index contributed by atoms with van der Waals surface area (Å²) >= 11 is 0. The molecule has 0 aromatic heterocycles. The van der Waals surface area contributed by atoms with Crippen LogP contribution in [0, 0.1) is 69.0 Å². The van der Waals surface area contributed by atoms with Crippen molar-refractivity contribution in [2.75, 3.05) is 6.54 Å². The largest absolute Gasteiger partial charge is 0.343 e. The van der Waals surface area contributed by atoms with Gasteiger partial charge in [-0.3, -0.25) is 14.4 Å². The average Bonchev–Trinajstić information content (AvgIpc) is 3.44. The number of allylic oxidation sites excluding steroid dienone is 1. The van der Waals surface area contributed by atoms with Gasteiger partial charge >= 0.3 is 0 Å². The second kappa shape index (κ2) is 11.9. The standard InChI is InChI=1S/C42H58N2O3/c1-9-25-43-36(46)31(26-28-13-11-10-12-14-28)44-37(47)42-22-17-29(27(2)3)35(42)30-15-16-33-39(6)20-19-34(45)38(4,5)32(39)18-21-41(33,8)40(30,7)23-24-42/h1,10-14,29-33,35H,2,15-26H2,3-8H3,(H,43,46)(H,44,47)/t29-,30+,31-,32-,33+,35+,39-,40+,41+,42-/m0/s1. The van der Waals surface area contributed by atoms with E-state index in [-0.39, 0.29) is 45.9 Å². The Morgan fingerprint density at radius 2 is 1.66 bits per heavy atom. The Balaban J connectivity index is 1.33. The lowest BCUT2D eigenvalue weighted by molar-refractivity contribution is -0.233. The van der Waals surface area contributed by atoms with E-state index in [1.165, 1.54) is 5.57 Å². The normalized spacial score (nSPS) is 40.8. The van der Waals surface area contributed by atoms with E-state index in [1.54, 1.807) is 0 Å². The lowest BCUT2D eigenvalue weighted by Gasteiger charge is -2.72. The molecule has 2 amide bonds. The Bertz CT molecular complexity index is 1470. The van der Waals surface area contributed by atoms with Crippen LogP contribution < -0.4 is 10.6 Å². The Morgan fingerprint density at radius 3 is 2.34 bits per heavy atom. The molecule has 1 aromatic carbocycles. The third-order valence-corrected chi connectivity index (χ3v) is 15.5. The highest BCUT2D eigenvalue weighted by atomic mass is 16.2. The number of carbonyl (C=O) groups is 3. The molecule has 5 aliphatic carbocycles. The van der Waals surface area contributed by atoms with Crippen molar-refractivity contribution in [3.63, 3.8) is 0 Å². The van der Waals surface area contributed by atoms with Crippen LogP contribution in [0.4, 0.5) is 0 Å². The third kappa shape index (κ3) is 5.06. The molecule has 5 fully saturated rings. The van der Waals surface area contributed by atoms with Crippen molar-refractivity contribution < 1.29 is 14.4 Å². The van der Waals surface area contributed by atoms with Gasteiger partial charge in [0.25, 0.3) is 0 Å². The minimum Gasteiger partial charge on any atom is -0.343 e. The average molecular weight is 639 g/mol. The van der Waals surface area contributed by atoms with Crippen LogP contribution >= 0.6 is 0 Å². The number of Topliss-reactive ketones (excluding diaryl/α,β-unsaturated/α-hetero) is 1. The number of terminal acetylenes is 1. The molecule has 254 valence electrons. The fraction of sp³-hybridized carbons (Fsp3) is 0.690. The van der Waals surface area contributed by atoms with Gasteiger partial charge in [0.2, 0.25) is 11.8 Å². The zero-order valence-electron chi connectivity index (χ0n) is 29.8. The summed E-state index contributed by atoms with van der Waals surface area (Å²) in [6, 6.07) is 9.22. The predicted molar refractivity (Wildman–Crippen MR) is 188 cm³/mol. The van der Waals surface area contributed by atoms with Gasteiger partial charge in [0.05, 0.1) is 12.0 Å². The number of rotatable bonds is 7. The monoisotopic (exact) mass is 638 g/mol. The van der Waals surface area contributed by atoms with E-state index in [2.05, 4.69) is 64.7 Å². The highest BCUT2D eigenvalue weighted by molar-refractivity contribution is 5.91. The first-order valence-electron chi connectivity index (χ1n) is 18.4. The maximum atomic E-state index is 14.8. The van der Waals surface area contributed by atoms with Gasteiger partial charge in [-0.05, 0) is 116 Å². The van der Waals surface area contributed by atoms with Gasteiger partial charge < -0.3 is 10.6 Å². The van der Waals surface area contributed by atoms with Crippen LogP contribution in [0.3, 0.4) is 0 Å². The van der Waals surface area contributed by atoms with Gasteiger partial charge in [-0.2, -0.15) is 0 Å². The van der Waals surface area contributed by atoms with Crippen molar-refractivity contribution in [2.24, 2.45) is 56.7 Å². The Labute approximate surface area is 283 Å². The molecule has 0 radical (unpaired) electrons. The smallest absolute Gasteiger partial charge is 0.243 e. The van der Waals surface area contributed by atoms with Gasteiger partial charge in [0, 0.05) is 18.3 Å². The van der Waals surface area contributed by atoms with Crippen LogP contribution in [0.25, 0.3) is 0 Å². The number of hydrogen-bond acceptors (Lipinski definition) is 3. The molecule has 1 aromatic rings. The zero-order chi connectivity index (χ0) is 34.0. The van der Waals surface area contributed by atoms with Crippen LogP contribution in [-0.4, -0.2) is 30.2 Å². The first kappa shape index (κ1) is 34.0. The maximum Gasteiger partial charge on any atom is 0.243 e. The van der Waals surface area contributed by atoms with E-state index < -0.39 is 11.5 Å². The van der Waals surface area contributed by atoms with Crippen molar-refractivity contribution in [3.8, 4) is 12.3 Å². The molecule has 5 heteroatoms. The summed E-state index contributed by atoms with van der Waals surface area (Å²) < 4.78 is 0. The number of amides is 2. The number of carbonyl (C=O) groups excluding carboxylic acids is 3. The second-order valence-corrected chi connectivity index (χ2v) is 17.6. The number of nitrogens with one attached hydrogen (secondary N) is 2. The molecule has 5 saturated carbocycles. The summed E-state index contributed by atoms with van der Waals surface area (Å²) in [5.41, 5.74) is 1.82. The van der Waals surface area contributed by atoms with E-state index in [4.69, 9.17) is 6.42 Å². The SMILES string of the molecule is C#CCNC(=O)[C@H](Cc1ccccc1)NC(=O)[C@]12CC[C@@H](C(=C)C)[C@@H]1[C@H]1CC[C@@H]3[C@@]4(C)CCC(=O)C(C)(C)[C@@H]4CC[C@@]3(C)[C@]1(C)CC2. The van der Waals surface area contributed by atoms with Gasteiger partial charge in [-0.15, -0.1) is 6.42 Å². The maximum absolute atomic E-state index is 14.8. The minimum absolute atomic E-state index is 0.0422. The van der Waals surface area contributed by atoms with Crippen LogP contribution in [-0.2, 0) is 20.8 Å². The predicted octanol–water partition coefficient (Wildman–Crippen LogP) is 7.69. The molecule has 0 saturated heterocycles. The summed E-state index contributed by atoms with van der Waals surface area (Å²) in [6.07, 6.45) is 15.8. The number of hydrogen-bond donors (Lipinski definition) is 2. The molecule has 0 spiro atoms. The second-order valence-electron chi connectivity index (χ2n) is 17.6. The fourth-order valence-corrected chi connectivity index (χ4v) is 13.0. The topological polar surface area (TPSA) is 75.3 Å². The Morgan fingerprint density at radius 1 is 0.936 bits per heavy atom. The van der Waals surface area contributed by atoms with E-state index in [0.717, 1.165) is 63.4 Å². The summed E-state index contributed by atoms with van der Waals surface area (Å²) in [4.78, 5) is 41.4. The van der Waals surface area contributed by atoms with Crippen LogP contribution in [0.2, 0.25) is 0 Å². The summed E-state index contributed by atoms with van der Waals surface area (Å²) in [7, 11) is 0. The molecule has 0 bridgehead atoms. The molecule has 47 heavy (non-hydrogen) atoms. The molecule has 10 atom stereocenters. The number of fused-ring (bicyclic) bond motifs is 7. The third-order valence-electron chi connectivity index (χ3n) is 15.5. The zero-order valence-corrected chi connectivity index (χ0v) is 29.8. The summed E-state index contributed by atoms with van der Waals surface area (Å²) in [5, 5.41) is 6.16. The van der Waals surface area contributed by atoms with E-state index >= 15 is 0 Å². The minimum atomic E-state index is -0.689. The van der Waals surface area contributed by atoms with Crippen molar-refractivity contribution in [3.05, 3.63) is 48.0 Å². The fourth-order valence-electron chi connectivity index (χ4n) is 13.0. The molecule has 5 aliphatic rings. The van der Waals surface area contributed by atoms with Gasteiger partial charge in [-0.1, -0.05) is 83.0 Å². The Kier molecular flexibility index (Phi) is 8.63. The molecular weight excluding hydrogens is 580 g/mol. The van der Waals surface area contributed by atoms with Crippen molar-refractivity contribution in [1.82, 2.24) is 10.6 Å². The molecular formula is C42H58N2O3. The van der Waals surface area contributed by atoms with Crippen molar-refractivity contribution in [1.29, 1.82) is 0 Å². The first-order chi connectivity index (χ1) is 22.2. The first-order valence-corrected chi connectivity index (χ1v) is 18.4.